The number of hydrogen-bond acceptors (Lipinski definition) is 6. The molecular formula is C20H27N3O2S2. The van der Waals surface area contributed by atoms with Gasteiger partial charge in [-0.25, -0.2) is 4.98 Å². The molecule has 1 aromatic heterocycles. The molecule has 7 heteroatoms. The second-order valence-corrected chi connectivity index (χ2v) is 9.34. The van der Waals surface area contributed by atoms with Gasteiger partial charge in [-0.2, -0.15) is 0 Å². The molecule has 1 fully saturated rings. The molecule has 0 spiro atoms. The van der Waals surface area contributed by atoms with E-state index in [1.54, 1.807) is 11.3 Å². The standard InChI is InChI=1S/C20H27N3O2S2/c1-13-3-4-15(11-18(13)25-10-9-21)19(24)23-16-5-7-17(8-6-16)27-20-22-14(2)12-26-20/h3-4,11-12,16-17H,5-10,21H2,1-2H3,(H,23,24). The van der Waals surface area contributed by atoms with Crippen molar-refractivity contribution in [3.8, 4) is 5.75 Å². The van der Waals surface area contributed by atoms with Crippen molar-refractivity contribution < 1.29 is 9.53 Å². The van der Waals surface area contributed by atoms with Gasteiger partial charge in [-0.15, -0.1) is 11.3 Å². The summed E-state index contributed by atoms with van der Waals surface area (Å²) in [7, 11) is 0. The number of carbonyl (C=O) groups excluding carboxylic acids is 1. The summed E-state index contributed by atoms with van der Waals surface area (Å²) in [5.74, 6) is 0.700. The number of benzene rings is 1. The number of ether oxygens (including phenoxy) is 1. The van der Waals surface area contributed by atoms with Gasteiger partial charge in [-0.1, -0.05) is 17.8 Å². The number of rotatable bonds is 7. The Morgan fingerprint density at radius 1 is 1.33 bits per heavy atom. The predicted octanol–water partition coefficient (Wildman–Crippen LogP) is 3.93. The topological polar surface area (TPSA) is 77.2 Å². The molecule has 0 bridgehead atoms. The molecule has 0 radical (unpaired) electrons. The molecule has 1 aliphatic rings. The van der Waals surface area contributed by atoms with Gasteiger partial charge in [0.25, 0.3) is 5.91 Å². The van der Waals surface area contributed by atoms with E-state index in [9.17, 15) is 4.79 Å². The first-order chi connectivity index (χ1) is 13.0. The zero-order valence-corrected chi connectivity index (χ0v) is 17.5. The van der Waals surface area contributed by atoms with Crippen LogP contribution in [0.2, 0.25) is 0 Å². The highest BCUT2D eigenvalue weighted by Crippen LogP contribution is 2.35. The minimum Gasteiger partial charge on any atom is -0.492 e. The van der Waals surface area contributed by atoms with Crippen LogP contribution in [0.5, 0.6) is 5.75 Å². The van der Waals surface area contributed by atoms with Gasteiger partial charge < -0.3 is 15.8 Å². The Hall–Kier alpha value is -1.57. The number of carbonyl (C=O) groups is 1. The molecule has 1 heterocycles. The van der Waals surface area contributed by atoms with E-state index in [2.05, 4.69) is 15.7 Å². The lowest BCUT2D eigenvalue weighted by Gasteiger charge is -2.28. The molecule has 2 aromatic rings. The molecule has 5 nitrogen and oxygen atoms in total. The quantitative estimate of drug-likeness (QED) is 0.730. The molecule has 1 saturated carbocycles. The van der Waals surface area contributed by atoms with E-state index in [0.29, 0.717) is 24.0 Å². The minimum absolute atomic E-state index is 0.0285. The molecule has 0 unspecified atom stereocenters. The summed E-state index contributed by atoms with van der Waals surface area (Å²) in [6, 6.07) is 5.82. The number of nitrogens with two attached hydrogens (primary N) is 1. The Kier molecular flexibility index (Phi) is 7.15. The molecule has 1 aliphatic carbocycles. The SMILES string of the molecule is Cc1csc(SC2CCC(NC(=O)c3ccc(C)c(OCCN)c3)CC2)n1. The van der Waals surface area contributed by atoms with Crippen LogP contribution in [0.15, 0.2) is 27.9 Å². The van der Waals surface area contributed by atoms with E-state index in [1.165, 1.54) is 0 Å². The maximum atomic E-state index is 12.6. The first-order valence-electron chi connectivity index (χ1n) is 9.38. The Morgan fingerprint density at radius 3 is 2.78 bits per heavy atom. The van der Waals surface area contributed by atoms with Crippen LogP contribution < -0.4 is 15.8 Å². The van der Waals surface area contributed by atoms with Crippen LogP contribution in [0.4, 0.5) is 0 Å². The van der Waals surface area contributed by atoms with E-state index in [1.807, 2.05) is 43.8 Å². The van der Waals surface area contributed by atoms with Gasteiger partial charge in [-0.3, -0.25) is 4.79 Å². The van der Waals surface area contributed by atoms with Crippen molar-refractivity contribution in [2.24, 2.45) is 5.73 Å². The highest BCUT2D eigenvalue weighted by Gasteiger charge is 2.24. The van der Waals surface area contributed by atoms with Crippen molar-refractivity contribution in [1.29, 1.82) is 0 Å². The average molecular weight is 406 g/mol. The molecule has 0 atom stereocenters. The maximum absolute atomic E-state index is 12.6. The lowest BCUT2D eigenvalue weighted by Crippen LogP contribution is -2.38. The van der Waals surface area contributed by atoms with Crippen LogP contribution in [-0.4, -0.2) is 35.3 Å². The zero-order valence-electron chi connectivity index (χ0n) is 15.9. The highest BCUT2D eigenvalue weighted by molar-refractivity contribution is 8.01. The van der Waals surface area contributed by atoms with Crippen LogP contribution in [0.25, 0.3) is 0 Å². The molecule has 0 saturated heterocycles. The number of thiazole rings is 1. The molecular weight excluding hydrogens is 378 g/mol. The number of aryl methyl sites for hydroxylation is 2. The number of hydrogen-bond donors (Lipinski definition) is 2. The summed E-state index contributed by atoms with van der Waals surface area (Å²) < 4.78 is 6.78. The second kappa shape index (κ2) is 9.57. The van der Waals surface area contributed by atoms with Crippen LogP contribution >= 0.6 is 23.1 Å². The molecule has 1 aromatic carbocycles. The Labute approximate surface area is 169 Å². The van der Waals surface area contributed by atoms with E-state index in [-0.39, 0.29) is 11.9 Å². The first-order valence-corrected chi connectivity index (χ1v) is 11.1. The van der Waals surface area contributed by atoms with Crippen LogP contribution in [0.3, 0.4) is 0 Å². The van der Waals surface area contributed by atoms with Crippen molar-refractivity contribution in [3.63, 3.8) is 0 Å². The van der Waals surface area contributed by atoms with Crippen molar-refractivity contribution >= 4 is 29.0 Å². The first kappa shape index (κ1) is 20.2. The number of aromatic nitrogens is 1. The Morgan fingerprint density at radius 2 is 2.11 bits per heavy atom. The smallest absolute Gasteiger partial charge is 0.251 e. The average Bonchev–Trinajstić information content (AvgIpc) is 3.07. The minimum atomic E-state index is -0.0285. The van der Waals surface area contributed by atoms with Gasteiger partial charge >= 0.3 is 0 Å². The summed E-state index contributed by atoms with van der Waals surface area (Å²) in [6.45, 7) is 4.91. The van der Waals surface area contributed by atoms with Crippen molar-refractivity contribution in [1.82, 2.24) is 10.3 Å². The number of thioether (sulfide) groups is 1. The molecule has 3 rings (SSSR count). The Balaban J connectivity index is 1.50. The third-order valence-electron chi connectivity index (χ3n) is 4.70. The monoisotopic (exact) mass is 405 g/mol. The van der Waals surface area contributed by atoms with Gasteiger partial charge in [-0.05, 0) is 57.2 Å². The van der Waals surface area contributed by atoms with E-state index in [0.717, 1.165) is 47.0 Å². The fraction of sp³-hybridized carbons (Fsp3) is 0.500. The summed E-state index contributed by atoms with van der Waals surface area (Å²) in [5, 5.41) is 5.88. The van der Waals surface area contributed by atoms with E-state index < -0.39 is 0 Å². The second-order valence-electron chi connectivity index (χ2n) is 6.94. The zero-order chi connectivity index (χ0) is 19.2. The summed E-state index contributed by atoms with van der Waals surface area (Å²) >= 11 is 3.60. The molecule has 1 amide bonds. The maximum Gasteiger partial charge on any atom is 0.251 e. The fourth-order valence-corrected chi connectivity index (χ4v) is 5.47. The number of amides is 1. The van der Waals surface area contributed by atoms with Gasteiger partial charge in [0.2, 0.25) is 0 Å². The molecule has 27 heavy (non-hydrogen) atoms. The van der Waals surface area contributed by atoms with Gasteiger partial charge in [0.15, 0.2) is 0 Å². The largest absolute Gasteiger partial charge is 0.492 e. The fourth-order valence-electron chi connectivity index (χ4n) is 3.19. The summed E-state index contributed by atoms with van der Waals surface area (Å²) in [6.07, 6.45) is 4.23. The van der Waals surface area contributed by atoms with E-state index in [4.69, 9.17) is 10.5 Å². The Bertz CT molecular complexity index is 770. The molecule has 146 valence electrons. The van der Waals surface area contributed by atoms with Crippen molar-refractivity contribution in [3.05, 3.63) is 40.4 Å². The van der Waals surface area contributed by atoms with Gasteiger partial charge in [0.1, 0.15) is 16.7 Å². The van der Waals surface area contributed by atoms with Gasteiger partial charge in [0, 0.05) is 34.5 Å². The van der Waals surface area contributed by atoms with Crippen LogP contribution in [0.1, 0.15) is 47.3 Å². The molecule has 0 aliphatic heterocycles. The predicted molar refractivity (Wildman–Crippen MR) is 112 cm³/mol. The lowest BCUT2D eigenvalue weighted by molar-refractivity contribution is 0.0927. The summed E-state index contributed by atoms with van der Waals surface area (Å²) in [5.41, 5.74) is 8.24. The van der Waals surface area contributed by atoms with Gasteiger partial charge in [0.05, 0.1) is 0 Å². The normalized spacial score (nSPS) is 19.7. The van der Waals surface area contributed by atoms with Crippen molar-refractivity contribution in [2.45, 2.75) is 55.2 Å². The van der Waals surface area contributed by atoms with Crippen LogP contribution in [-0.2, 0) is 0 Å². The summed E-state index contributed by atoms with van der Waals surface area (Å²) in [4.78, 5) is 17.2. The third-order valence-corrected chi connectivity index (χ3v) is 7.13. The van der Waals surface area contributed by atoms with Crippen molar-refractivity contribution in [2.75, 3.05) is 13.2 Å². The number of nitrogens with one attached hydrogen (secondary N) is 1. The molecule has 3 N–H and O–H groups in total. The highest BCUT2D eigenvalue weighted by atomic mass is 32.2. The van der Waals surface area contributed by atoms with E-state index >= 15 is 0 Å². The third kappa shape index (κ3) is 5.70. The lowest BCUT2D eigenvalue weighted by atomic mass is 9.94. The van der Waals surface area contributed by atoms with Crippen LogP contribution in [0, 0.1) is 13.8 Å². The number of nitrogens with zero attached hydrogens (tertiary/aromatic N) is 1.